The predicted octanol–water partition coefficient (Wildman–Crippen LogP) is 2.34. The minimum atomic E-state index is 0.499. The molecule has 1 saturated heterocycles. The van der Waals surface area contributed by atoms with E-state index in [1.165, 1.54) is 51.9 Å². The molecule has 18 heavy (non-hydrogen) atoms. The van der Waals surface area contributed by atoms with Crippen molar-refractivity contribution in [3.63, 3.8) is 0 Å². The van der Waals surface area contributed by atoms with Gasteiger partial charge in [-0.15, -0.1) is 0 Å². The van der Waals surface area contributed by atoms with Gasteiger partial charge in [0.25, 0.3) is 0 Å². The molecule has 1 aliphatic heterocycles. The number of nitrogens with zero attached hydrogens (tertiary/aromatic N) is 2. The maximum absolute atomic E-state index is 3.76. The molecule has 0 radical (unpaired) electrons. The van der Waals surface area contributed by atoms with Crippen LogP contribution >= 0.6 is 0 Å². The fraction of sp³-hybridized carbons (Fsp3) is 1.00. The van der Waals surface area contributed by atoms with Gasteiger partial charge >= 0.3 is 0 Å². The van der Waals surface area contributed by atoms with Crippen LogP contribution in [0, 0.1) is 11.3 Å². The summed E-state index contributed by atoms with van der Waals surface area (Å²) in [7, 11) is 2.21. The summed E-state index contributed by atoms with van der Waals surface area (Å²) in [4.78, 5) is 2.41. The van der Waals surface area contributed by atoms with Gasteiger partial charge in [0.1, 0.15) is 0 Å². The lowest BCUT2D eigenvalue weighted by atomic mass is 9.71. The van der Waals surface area contributed by atoms with E-state index in [1.54, 1.807) is 0 Å². The summed E-state index contributed by atoms with van der Waals surface area (Å²) in [5.74, 6) is 0.919. The topological polar surface area (TPSA) is 18.5 Å². The SMILES string of the molecule is CN1CCN(NC2CCC(C(C)(C)C)CC2)CC1. The van der Waals surface area contributed by atoms with Crippen molar-refractivity contribution in [1.29, 1.82) is 0 Å². The Bertz CT molecular complexity index is 243. The molecular formula is C15H31N3. The Balaban J connectivity index is 1.70. The summed E-state index contributed by atoms with van der Waals surface area (Å²) in [6.07, 6.45) is 5.51. The molecule has 0 atom stereocenters. The molecule has 106 valence electrons. The van der Waals surface area contributed by atoms with Crippen LogP contribution in [0.4, 0.5) is 0 Å². The number of nitrogens with one attached hydrogen (secondary N) is 1. The third kappa shape index (κ3) is 3.94. The quantitative estimate of drug-likeness (QED) is 0.815. The Hall–Kier alpha value is -0.120. The fourth-order valence-corrected chi connectivity index (χ4v) is 3.28. The molecule has 0 aromatic rings. The van der Waals surface area contributed by atoms with Crippen molar-refractivity contribution in [3.8, 4) is 0 Å². The molecule has 0 amide bonds. The molecule has 0 aromatic carbocycles. The Morgan fingerprint density at radius 2 is 1.44 bits per heavy atom. The second-order valence-electron chi connectivity index (χ2n) is 7.33. The minimum absolute atomic E-state index is 0.499. The van der Waals surface area contributed by atoms with E-state index in [4.69, 9.17) is 0 Å². The monoisotopic (exact) mass is 253 g/mol. The molecule has 2 fully saturated rings. The molecule has 1 saturated carbocycles. The largest absolute Gasteiger partial charge is 0.304 e. The van der Waals surface area contributed by atoms with Crippen molar-refractivity contribution >= 4 is 0 Å². The average Bonchev–Trinajstić information content (AvgIpc) is 2.32. The molecule has 0 unspecified atom stereocenters. The third-order valence-corrected chi connectivity index (χ3v) is 4.82. The molecule has 3 heteroatoms. The summed E-state index contributed by atoms with van der Waals surface area (Å²) in [6.45, 7) is 11.9. The van der Waals surface area contributed by atoms with Gasteiger partial charge in [-0.25, -0.2) is 5.01 Å². The first-order chi connectivity index (χ1) is 8.45. The normalized spacial score (nSPS) is 32.7. The third-order valence-electron chi connectivity index (χ3n) is 4.82. The van der Waals surface area contributed by atoms with Gasteiger partial charge in [0.15, 0.2) is 0 Å². The maximum atomic E-state index is 3.76. The second-order valence-corrected chi connectivity index (χ2v) is 7.33. The van der Waals surface area contributed by atoms with Crippen molar-refractivity contribution in [2.24, 2.45) is 11.3 Å². The van der Waals surface area contributed by atoms with E-state index in [0.717, 1.165) is 12.0 Å². The number of hydrogen-bond acceptors (Lipinski definition) is 3. The zero-order valence-electron chi connectivity index (χ0n) is 12.7. The van der Waals surface area contributed by atoms with Crippen LogP contribution in [0.25, 0.3) is 0 Å². The van der Waals surface area contributed by atoms with Crippen LogP contribution in [0.5, 0.6) is 0 Å². The molecule has 0 aromatic heterocycles. The van der Waals surface area contributed by atoms with Crippen molar-refractivity contribution in [1.82, 2.24) is 15.3 Å². The summed E-state index contributed by atoms with van der Waals surface area (Å²) in [5.41, 5.74) is 4.26. The number of likely N-dealkylation sites (N-methyl/N-ethyl adjacent to an activating group) is 1. The second kappa shape index (κ2) is 5.89. The van der Waals surface area contributed by atoms with Gasteiger partial charge in [-0.05, 0) is 44.1 Å². The van der Waals surface area contributed by atoms with Gasteiger partial charge in [-0.3, -0.25) is 5.43 Å². The molecule has 0 bridgehead atoms. The highest BCUT2D eigenvalue weighted by Crippen LogP contribution is 2.37. The van der Waals surface area contributed by atoms with Gasteiger partial charge < -0.3 is 4.90 Å². The highest BCUT2D eigenvalue weighted by molar-refractivity contribution is 4.83. The highest BCUT2D eigenvalue weighted by atomic mass is 15.5. The molecule has 0 spiro atoms. The molecule has 2 rings (SSSR count). The molecule has 1 aliphatic carbocycles. The summed E-state index contributed by atoms with van der Waals surface area (Å²) in [5, 5.41) is 2.45. The van der Waals surface area contributed by atoms with E-state index in [9.17, 15) is 0 Å². The number of rotatable bonds is 2. The van der Waals surface area contributed by atoms with E-state index < -0.39 is 0 Å². The van der Waals surface area contributed by atoms with Crippen molar-refractivity contribution < 1.29 is 0 Å². The zero-order chi connectivity index (χ0) is 13.2. The Kier molecular flexibility index (Phi) is 4.68. The summed E-state index contributed by atoms with van der Waals surface area (Å²) < 4.78 is 0. The standard InChI is InChI=1S/C15H31N3/c1-15(2,3)13-5-7-14(8-6-13)16-18-11-9-17(4)10-12-18/h13-14,16H,5-12H2,1-4H3. The number of hydrogen-bond donors (Lipinski definition) is 1. The maximum Gasteiger partial charge on any atom is 0.0259 e. The lowest BCUT2D eigenvalue weighted by Gasteiger charge is -2.40. The highest BCUT2D eigenvalue weighted by Gasteiger charge is 2.30. The van der Waals surface area contributed by atoms with E-state index in [-0.39, 0.29) is 0 Å². The Morgan fingerprint density at radius 3 is 1.94 bits per heavy atom. The Morgan fingerprint density at radius 1 is 0.889 bits per heavy atom. The van der Waals surface area contributed by atoms with Crippen molar-refractivity contribution in [3.05, 3.63) is 0 Å². The van der Waals surface area contributed by atoms with Crippen LogP contribution in [-0.4, -0.2) is 49.2 Å². The Labute approximate surface area is 113 Å². The van der Waals surface area contributed by atoms with E-state index >= 15 is 0 Å². The summed E-state index contributed by atoms with van der Waals surface area (Å²) in [6, 6.07) is 0.729. The van der Waals surface area contributed by atoms with E-state index in [2.05, 4.69) is 43.2 Å². The van der Waals surface area contributed by atoms with Crippen LogP contribution in [0.15, 0.2) is 0 Å². The van der Waals surface area contributed by atoms with Gasteiger partial charge in [0, 0.05) is 32.2 Å². The van der Waals surface area contributed by atoms with Crippen molar-refractivity contribution in [2.75, 3.05) is 33.2 Å². The van der Waals surface area contributed by atoms with E-state index in [1.807, 2.05) is 0 Å². The average molecular weight is 253 g/mol. The first-order valence-electron chi connectivity index (χ1n) is 7.65. The van der Waals surface area contributed by atoms with Gasteiger partial charge in [-0.1, -0.05) is 20.8 Å². The van der Waals surface area contributed by atoms with Gasteiger partial charge in [0.05, 0.1) is 0 Å². The fourth-order valence-electron chi connectivity index (χ4n) is 3.28. The molecule has 3 nitrogen and oxygen atoms in total. The number of piperazine rings is 1. The molecular weight excluding hydrogens is 222 g/mol. The van der Waals surface area contributed by atoms with Gasteiger partial charge in [-0.2, -0.15) is 0 Å². The summed E-state index contributed by atoms with van der Waals surface area (Å²) >= 11 is 0. The molecule has 1 heterocycles. The lowest BCUT2D eigenvalue weighted by molar-refractivity contribution is 0.0634. The van der Waals surface area contributed by atoms with Crippen LogP contribution in [-0.2, 0) is 0 Å². The first kappa shape index (κ1) is 14.3. The molecule has 1 N–H and O–H groups in total. The predicted molar refractivity (Wildman–Crippen MR) is 77.4 cm³/mol. The first-order valence-corrected chi connectivity index (χ1v) is 7.65. The van der Waals surface area contributed by atoms with Crippen LogP contribution in [0.1, 0.15) is 46.5 Å². The van der Waals surface area contributed by atoms with Crippen LogP contribution in [0.3, 0.4) is 0 Å². The van der Waals surface area contributed by atoms with E-state index in [0.29, 0.717) is 5.41 Å². The van der Waals surface area contributed by atoms with Crippen molar-refractivity contribution in [2.45, 2.75) is 52.5 Å². The lowest BCUT2D eigenvalue weighted by Crippen LogP contribution is -2.54. The molecule has 2 aliphatic rings. The van der Waals surface area contributed by atoms with Gasteiger partial charge in [0.2, 0.25) is 0 Å². The van der Waals surface area contributed by atoms with Crippen LogP contribution in [0.2, 0.25) is 0 Å². The zero-order valence-corrected chi connectivity index (χ0v) is 12.7. The van der Waals surface area contributed by atoms with Crippen LogP contribution < -0.4 is 5.43 Å². The smallest absolute Gasteiger partial charge is 0.0259 e. The minimum Gasteiger partial charge on any atom is -0.304 e. The number of hydrazine groups is 1.